The largest absolute Gasteiger partial charge is 1.00 e. The van der Waals surface area contributed by atoms with Crippen molar-refractivity contribution in [3.05, 3.63) is 36.4 Å². The second-order valence-corrected chi connectivity index (χ2v) is 4.57. The van der Waals surface area contributed by atoms with Crippen molar-refractivity contribution in [3.63, 3.8) is 0 Å². The zero-order valence-corrected chi connectivity index (χ0v) is 12.5. The molecule has 4 nitrogen and oxygen atoms in total. The summed E-state index contributed by atoms with van der Waals surface area (Å²) in [4.78, 5) is -0.173. The predicted molar refractivity (Wildman–Crippen MR) is 53.2 cm³/mol. The second-order valence-electron chi connectivity index (χ2n) is 3.15. The van der Waals surface area contributed by atoms with Crippen LogP contribution in [0.5, 0.6) is 5.75 Å². The van der Waals surface area contributed by atoms with Crippen LogP contribution in [0.2, 0.25) is 0 Å². The van der Waals surface area contributed by atoms with Gasteiger partial charge in [-0.1, -0.05) is 24.3 Å². The predicted octanol–water partition coefficient (Wildman–Crippen LogP) is -1.84. The molecule has 0 saturated carbocycles. The maximum Gasteiger partial charge on any atom is 1.00 e. The van der Waals surface area contributed by atoms with Crippen LogP contribution in [-0.4, -0.2) is 13.0 Å². The number of hydrogen-bond acceptors (Lipinski definition) is 3. The average molecular weight is 262 g/mol. The summed E-state index contributed by atoms with van der Waals surface area (Å²) in [6, 6.07) is 8.34. The summed E-state index contributed by atoms with van der Waals surface area (Å²) < 4.78 is 30.5. The molecule has 0 aliphatic rings. The molecule has 1 N–H and O–H groups in total. The molecule has 0 unspecified atom stereocenters. The van der Waals surface area contributed by atoms with E-state index in [9.17, 15) is 13.5 Å². The van der Waals surface area contributed by atoms with Gasteiger partial charge in [0.15, 0.2) is 0 Å². The van der Waals surface area contributed by atoms with Crippen LogP contribution in [0, 0.1) is 0 Å². The van der Waals surface area contributed by atoms with E-state index in [0.717, 1.165) is 0 Å². The molecule has 0 spiro atoms. The fourth-order valence-electron chi connectivity index (χ4n) is 1.36. The molecule has 2 rings (SSSR count). The number of fused-ring (bicyclic) bond motifs is 1. The molecule has 6 heteroatoms. The Morgan fingerprint density at radius 3 is 2.19 bits per heavy atom. The maximum atomic E-state index is 11.0. The van der Waals surface area contributed by atoms with Crippen molar-refractivity contribution in [2.45, 2.75) is 4.90 Å². The third kappa shape index (κ3) is 3.04. The SMILES string of the molecule is O=S(=O)(O)c1ccc2cc([O-])ccc2c1.[K+]. The molecule has 0 fully saturated rings. The van der Waals surface area contributed by atoms with E-state index in [1.54, 1.807) is 0 Å². The summed E-state index contributed by atoms with van der Waals surface area (Å²) in [5.41, 5.74) is 0. The third-order valence-corrected chi connectivity index (χ3v) is 2.93. The summed E-state index contributed by atoms with van der Waals surface area (Å²) in [5, 5.41) is 12.2. The van der Waals surface area contributed by atoms with Gasteiger partial charge in [0.25, 0.3) is 10.1 Å². The molecule has 0 aliphatic carbocycles. The number of benzene rings is 2. The zero-order chi connectivity index (χ0) is 11.1. The first-order chi connectivity index (χ1) is 6.97. The quantitative estimate of drug-likeness (QED) is 0.484. The van der Waals surface area contributed by atoms with Crippen LogP contribution in [-0.2, 0) is 10.1 Å². The van der Waals surface area contributed by atoms with Crippen LogP contribution in [0.15, 0.2) is 41.3 Å². The number of hydrogen-bond donors (Lipinski definition) is 1. The van der Waals surface area contributed by atoms with Gasteiger partial charge in [-0.05, 0) is 22.9 Å². The molecule has 78 valence electrons. The minimum Gasteiger partial charge on any atom is -0.872 e. The van der Waals surface area contributed by atoms with Gasteiger partial charge in [0, 0.05) is 0 Å². The van der Waals surface area contributed by atoms with Crippen LogP contribution < -0.4 is 56.5 Å². The Balaban J connectivity index is 0.00000128. The monoisotopic (exact) mass is 262 g/mol. The van der Waals surface area contributed by atoms with Crippen LogP contribution in [0.3, 0.4) is 0 Å². The third-order valence-electron chi connectivity index (χ3n) is 2.08. The Labute approximate surface area is 135 Å². The van der Waals surface area contributed by atoms with Gasteiger partial charge in [-0.2, -0.15) is 8.42 Å². The molecule has 0 saturated heterocycles. The van der Waals surface area contributed by atoms with Gasteiger partial charge in [0.1, 0.15) is 0 Å². The Hall–Kier alpha value is 0.0464. The van der Waals surface area contributed by atoms with E-state index >= 15 is 0 Å². The Morgan fingerprint density at radius 1 is 1.00 bits per heavy atom. The smallest absolute Gasteiger partial charge is 0.872 e. The van der Waals surface area contributed by atoms with E-state index in [1.807, 2.05) is 0 Å². The molecule has 0 amide bonds. The summed E-state index contributed by atoms with van der Waals surface area (Å²) >= 11 is 0. The van der Waals surface area contributed by atoms with E-state index in [0.29, 0.717) is 10.8 Å². The van der Waals surface area contributed by atoms with Gasteiger partial charge in [0.2, 0.25) is 0 Å². The first kappa shape index (κ1) is 14.1. The van der Waals surface area contributed by atoms with Crippen LogP contribution in [0.4, 0.5) is 0 Å². The minimum atomic E-state index is -4.18. The van der Waals surface area contributed by atoms with E-state index < -0.39 is 10.1 Å². The second kappa shape index (κ2) is 5.13. The molecule has 2 aromatic carbocycles. The first-order valence-electron chi connectivity index (χ1n) is 4.15. The van der Waals surface area contributed by atoms with Gasteiger partial charge in [-0.25, -0.2) is 0 Å². The molecule has 0 heterocycles. The van der Waals surface area contributed by atoms with Gasteiger partial charge < -0.3 is 5.11 Å². The van der Waals surface area contributed by atoms with Gasteiger partial charge in [-0.3, -0.25) is 4.55 Å². The standard InChI is InChI=1S/C10H8O4S.K/c11-9-3-1-8-6-10(15(12,13)14)4-2-7(8)5-9;/h1-6,11H,(H,12,13,14);/q;+1/p-1. The average Bonchev–Trinajstić information content (AvgIpc) is 2.15. The molecule has 0 aromatic heterocycles. The Bertz CT molecular complexity index is 622. The molecular formula is C10H7KO4S. The van der Waals surface area contributed by atoms with Gasteiger partial charge in [0.05, 0.1) is 4.90 Å². The molecule has 0 atom stereocenters. The fourth-order valence-corrected chi connectivity index (χ4v) is 1.88. The van der Waals surface area contributed by atoms with Crippen molar-refractivity contribution < 1.29 is 69.5 Å². The van der Waals surface area contributed by atoms with Crippen molar-refractivity contribution in [1.29, 1.82) is 0 Å². The van der Waals surface area contributed by atoms with E-state index in [4.69, 9.17) is 4.55 Å². The molecule has 0 aliphatic heterocycles. The van der Waals surface area contributed by atoms with Crippen molar-refractivity contribution in [2.75, 3.05) is 0 Å². The van der Waals surface area contributed by atoms with Crippen LogP contribution in [0.25, 0.3) is 10.8 Å². The van der Waals surface area contributed by atoms with Gasteiger partial charge >= 0.3 is 51.4 Å². The summed E-state index contributed by atoms with van der Waals surface area (Å²) in [7, 11) is -4.18. The van der Waals surface area contributed by atoms with Crippen molar-refractivity contribution in [3.8, 4) is 5.75 Å². The van der Waals surface area contributed by atoms with Crippen molar-refractivity contribution in [1.82, 2.24) is 0 Å². The van der Waals surface area contributed by atoms with E-state index in [1.165, 1.54) is 36.4 Å². The normalized spacial score (nSPS) is 11.1. The zero-order valence-electron chi connectivity index (χ0n) is 8.54. The summed E-state index contributed by atoms with van der Waals surface area (Å²) in [6.07, 6.45) is 0. The van der Waals surface area contributed by atoms with Crippen LogP contribution in [0.1, 0.15) is 0 Å². The summed E-state index contributed by atoms with van der Waals surface area (Å²) in [6.45, 7) is 0. The first-order valence-corrected chi connectivity index (χ1v) is 5.59. The molecule has 0 radical (unpaired) electrons. The van der Waals surface area contributed by atoms with Crippen molar-refractivity contribution >= 4 is 20.9 Å². The fraction of sp³-hybridized carbons (Fsp3) is 0. The minimum absolute atomic E-state index is 0. The molecule has 16 heavy (non-hydrogen) atoms. The molecular weight excluding hydrogens is 255 g/mol. The number of rotatable bonds is 1. The maximum absolute atomic E-state index is 11.0. The molecule has 0 bridgehead atoms. The van der Waals surface area contributed by atoms with Gasteiger partial charge in [-0.15, -0.1) is 5.75 Å². The Kier molecular flexibility index (Phi) is 4.53. The van der Waals surface area contributed by atoms with Crippen LogP contribution >= 0.6 is 0 Å². The van der Waals surface area contributed by atoms with E-state index in [2.05, 4.69) is 0 Å². The topological polar surface area (TPSA) is 77.4 Å². The van der Waals surface area contributed by atoms with E-state index in [-0.39, 0.29) is 62.0 Å². The Morgan fingerprint density at radius 2 is 1.56 bits per heavy atom. The molecule has 2 aromatic rings. The summed E-state index contributed by atoms with van der Waals surface area (Å²) in [5.74, 6) is -0.137. The van der Waals surface area contributed by atoms with Crippen molar-refractivity contribution in [2.24, 2.45) is 0 Å².